The highest BCUT2D eigenvalue weighted by Crippen LogP contribution is 2.17. The highest BCUT2D eigenvalue weighted by molar-refractivity contribution is 5.82. The third-order valence-electron chi connectivity index (χ3n) is 3.45. The molecule has 0 saturated heterocycles. The first-order valence-corrected chi connectivity index (χ1v) is 6.50. The predicted molar refractivity (Wildman–Crippen MR) is 71.5 cm³/mol. The number of carboxylic acid groups (broad SMARTS) is 1. The maximum absolute atomic E-state index is 11.7. The molecule has 2 amide bonds. The van der Waals surface area contributed by atoms with Gasteiger partial charge in [-0.2, -0.15) is 0 Å². The maximum Gasteiger partial charge on any atom is 0.326 e. The Morgan fingerprint density at radius 1 is 1.28 bits per heavy atom. The van der Waals surface area contributed by atoms with Crippen LogP contribution in [0.25, 0.3) is 0 Å². The number of carboxylic acids is 1. The van der Waals surface area contributed by atoms with Gasteiger partial charge in [0.25, 0.3) is 0 Å². The summed E-state index contributed by atoms with van der Waals surface area (Å²) < 4.78 is 0. The molecular weight excluding hydrogens is 232 g/mol. The van der Waals surface area contributed by atoms with E-state index in [1.54, 1.807) is 0 Å². The van der Waals surface area contributed by atoms with E-state index in [0.29, 0.717) is 13.0 Å². The van der Waals surface area contributed by atoms with Gasteiger partial charge in [0.2, 0.25) is 0 Å². The molecule has 0 aromatic rings. The summed E-state index contributed by atoms with van der Waals surface area (Å²) in [5.41, 5.74) is 0.0203. The van der Waals surface area contributed by atoms with Crippen LogP contribution in [0.15, 0.2) is 0 Å². The van der Waals surface area contributed by atoms with Gasteiger partial charge in [0.1, 0.15) is 6.04 Å². The molecule has 106 valence electrons. The molecule has 0 saturated carbocycles. The van der Waals surface area contributed by atoms with Gasteiger partial charge in [-0.05, 0) is 17.8 Å². The Bertz CT molecular complexity index is 290. The number of hydrogen-bond acceptors (Lipinski definition) is 2. The number of hydrogen-bond donors (Lipinski definition) is 3. The van der Waals surface area contributed by atoms with Crippen molar-refractivity contribution in [3.63, 3.8) is 0 Å². The van der Waals surface area contributed by atoms with Gasteiger partial charge < -0.3 is 15.7 Å². The normalized spacial score (nSPS) is 14.7. The third-order valence-corrected chi connectivity index (χ3v) is 3.45. The van der Waals surface area contributed by atoms with Crippen LogP contribution in [-0.4, -0.2) is 29.7 Å². The van der Waals surface area contributed by atoms with Crippen LogP contribution in [0, 0.1) is 11.3 Å². The first-order valence-electron chi connectivity index (χ1n) is 6.50. The second-order valence-electron chi connectivity index (χ2n) is 5.55. The molecule has 5 heteroatoms. The van der Waals surface area contributed by atoms with Crippen LogP contribution in [0.3, 0.4) is 0 Å². The minimum Gasteiger partial charge on any atom is -0.480 e. The summed E-state index contributed by atoms with van der Waals surface area (Å²) in [6, 6.07) is -1.25. The number of carbonyl (C=O) groups excluding carboxylic acids is 1. The Labute approximate surface area is 109 Å². The van der Waals surface area contributed by atoms with Crippen molar-refractivity contribution in [3.05, 3.63) is 0 Å². The zero-order chi connectivity index (χ0) is 14.3. The van der Waals surface area contributed by atoms with Crippen molar-refractivity contribution in [3.8, 4) is 0 Å². The Kier molecular flexibility index (Phi) is 6.73. The SMILES string of the molecule is CCC(C)[C@H](NC(=O)NCC(C)(C)CC)C(=O)O. The Morgan fingerprint density at radius 2 is 1.83 bits per heavy atom. The molecule has 0 bridgehead atoms. The predicted octanol–water partition coefficient (Wildman–Crippen LogP) is 2.22. The maximum atomic E-state index is 11.7. The Balaban J connectivity index is 4.32. The smallest absolute Gasteiger partial charge is 0.326 e. The zero-order valence-corrected chi connectivity index (χ0v) is 12.0. The molecule has 3 N–H and O–H groups in total. The number of urea groups is 1. The van der Waals surface area contributed by atoms with E-state index in [4.69, 9.17) is 5.11 Å². The molecule has 18 heavy (non-hydrogen) atoms. The van der Waals surface area contributed by atoms with Crippen molar-refractivity contribution in [2.24, 2.45) is 11.3 Å². The largest absolute Gasteiger partial charge is 0.480 e. The summed E-state index contributed by atoms with van der Waals surface area (Å²) in [5, 5.41) is 14.3. The highest BCUT2D eigenvalue weighted by atomic mass is 16.4. The molecule has 0 fully saturated rings. The number of rotatable bonds is 7. The summed E-state index contributed by atoms with van der Waals surface area (Å²) in [7, 11) is 0. The van der Waals surface area contributed by atoms with Crippen molar-refractivity contribution in [1.82, 2.24) is 10.6 Å². The van der Waals surface area contributed by atoms with Crippen LogP contribution in [-0.2, 0) is 4.79 Å². The fourth-order valence-electron chi connectivity index (χ4n) is 1.32. The number of aliphatic carboxylic acids is 1. The molecule has 0 aliphatic carbocycles. The van der Waals surface area contributed by atoms with E-state index < -0.39 is 18.0 Å². The fourth-order valence-corrected chi connectivity index (χ4v) is 1.32. The second kappa shape index (κ2) is 7.24. The lowest BCUT2D eigenvalue weighted by Crippen LogP contribution is -2.50. The number of nitrogens with one attached hydrogen (secondary N) is 2. The summed E-state index contributed by atoms with van der Waals surface area (Å²) in [4.78, 5) is 22.7. The van der Waals surface area contributed by atoms with Crippen LogP contribution < -0.4 is 10.6 Å². The topological polar surface area (TPSA) is 78.4 Å². The van der Waals surface area contributed by atoms with Crippen molar-refractivity contribution < 1.29 is 14.7 Å². The van der Waals surface area contributed by atoms with Crippen molar-refractivity contribution in [2.45, 2.75) is 53.5 Å². The summed E-state index contributed by atoms with van der Waals surface area (Å²) in [6.07, 6.45) is 1.65. The van der Waals surface area contributed by atoms with Gasteiger partial charge in [-0.3, -0.25) is 0 Å². The van der Waals surface area contributed by atoms with Crippen molar-refractivity contribution in [1.29, 1.82) is 0 Å². The van der Waals surface area contributed by atoms with E-state index in [1.165, 1.54) is 0 Å². The molecule has 0 heterocycles. The third kappa shape index (κ3) is 5.89. The minimum absolute atomic E-state index is 0.0203. The van der Waals surface area contributed by atoms with Crippen LogP contribution in [0.2, 0.25) is 0 Å². The van der Waals surface area contributed by atoms with Gasteiger partial charge in [-0.1, -0.05) is 41.0 Å². The molecule has 0 spiro atoms. The molecule has 1 unspecified atom stereocenters. The zero-order valence-electron chi connectivity index (χ0n) is 12.0. The summed E-state index contributed by atoms with van der Waals surface area (Å²) in [6.45, 7) is 10.4. The molecule has 0 aromatic heterocycles. The molecule has 0 aliphatic rings. The van der Waals surface area contributed by atoms with E-state index >= 15 is 0 Å². The quantitative estimate of drug-likeness (QED) is 0.655. The summed E-state index contributed by atoms with van der Waals surface area (Å²) in [5.74, 6) is -1.08. The van der Waals surface area contributed by atoms with Gasteiger partial charge in [0.15, 0.2) is 0 Å². The lowest BCUT2D eigenvalue weighted by atomic mass is 9.90. The molecule has 0 aliphatic heterocycles. The van der Waals surface area contributed by atoms with Crippen molar-refractivity contribution >= 4 is 12.0 Å². The molecule has 0 rings (SSSR count). The van der Waals surface area contributed by atoms with E-state index in [0.717, 1.165) is 6.42 Å². The van der Waals surface area contributed by atoms with Crippen LogP contribution in [0.5, 0.6) is 0 Å². The molecule has 0 aromatic carbocycles. The highest BCUT2D eigenvalue weighted by Gasteiger charge is 2.25. The molecule has 5 nitrogen and oxygen atoms in total. The monoisotopic (exact) mass is 258 g/mol. The fraction of sp³-hybridized carbons (Fsp3) is 0.846. The van der Waals surface area contributed by atoms with Gasteiger partial charge in [-0.15, -0.1) is 0 Å². The summed E-state index contributed by atoms with van der Waals surface area (Å²) >= 11 is 0. The average molecular weight is 258 g/mol. The molecular formula is C13H26N2O3. The Hall–Kier alpha value is -1.26. The average Bonchev–Trinajstić information content (AvgIpc) is 2.32. The van der Waals surface area contributed by atoms with E-state index in [2.05, 4.69) is 31.4 Å². The standard InChI is InChI=1S/C13H26N2O3/c1-6-9(3)10(11(16)17)15-12(18)14-8-13(4,5)7-2/h9-10H,6-8H2,1-5H3,(H,16,17)(H2,14,15,18)/t9?,10-/m0/s1. The van der Waals surface area contributed by atoms with E-state index in [1.807, 2.05) is 13.8 Å². The Morgan fingerprint density at radius 3 is 2.22 bits per heavy atom. The van der Waals surface area contributed by atoms with E-state index in [9.17, 15) is 9.59 Å². The number of carbonyl (C=O) groups is 2. The van der Waals surface area contributed by atoms with Crippen LogP contribution in [0.4, 0.5) is 4.79 Å². The van der Waals surface area contributed by atoms with Crippen LogP contribution >= 0.6 is 0 Å². The minimum atomic E-state index is -0.991. The first kappa shape index (κ1) is 16.7. The molecule has 2 atom stereocenters. The van der Waals surface area contributed by atoms with Gasteiger partial charge in [0, 0.05) is 6.54 Å². The van der Waals surface area contributed by atoms with Crippen molar-refractivity contribution in [2.75, 3.05) is 6.54 Å². The first-order chi connectivity index (χ1) is 8.23. The lowest BCUT2D eigenvalue weighted by Gasteiger charge is -2.25. The van der Waals surface area contributed by atoms with Gasteiger partial charge in [-0.25, -0.2) is 9.59 Å². The van der Waals surface area contributed by atoms with Gasteiger partial charge >= 0.3 is 12.0 Å². The molecule has 0 radical (unpaired) electrons. The number of amides is 2. The lowest BCUT2D eigenvalue weighted by molar-refractivity contribution is -0.140. The second-order valence-corrected chi connectivity index (χ2v) is 5.55. The van der Waals surface area contributed by atoms with Crippen LogP contribution in [0.1, 0.15) is 47.5 Å². The van der Waals surface area contributed by atoms with E-state index in [-0.39, 0.29) is 11.3 Å². The van der Waals surface area contributed by atoms with Gasteiger partial charge in [0.05, 0.1) is 0 Å².